The summed E-state index contributed by atoms with van der Waals surface area (Å²) in [6.07, 6.45) is 1.28. The average molecular weight is 427 g/mol. The second kappa shape index (κ2) is 9.65. The molecule has 1 amide bonds. The molecule has 1 aromatic heterocycles. The monoisotopic (exact) mass is 427 g/mol. The number of ether oxygens (including phenoxy) is 1. The van der Waals surface area contributed by atoms with Crippen LogP contribution in [-0.4, -0.2) is 45.1 Å². The van der Waals surface area contributed by atoms with Gasteiger partial charge in [-0.05, 0) is 43.0 Å². The quantitative estimate of drug-likeness (QED) is 0.330. The highest BCUT2D eigenvalue weighted by molar-refractivity contribution is 7.99. The molecule has 0 aliphatic heterocycles. The van der Waals surface area contributed by atoms with E-state index in [0.717, 1.165) is 17.8 Å². The maximum Gasteiger partial charge on any atom is 0.338 e. The lowest BCUT2D eigenvalue weighted by molar-refractivity contribution is -0.387. The molecule has 0 saturated carbocycles. The molecule has 3 aromatic rings. The van der Waals surface area contributed by atoms with Crippen LogP contribution in [-0.2, 0) is 9.53 Å². The van der Waals surface area contributed by atoms with Crippen molar-refractivity contribution < 1.29 is 19.2 Å². The molecule has 0 unspecified atom stereocenters. The first-order valence-corrected chi connectivity index (χ1v) is 9.65. The highest BCUT2D eigenvalue weighted by atomic mass is 32.2. The van der Waals surface area contributed by atoms with E-state index < -0.39 is 23.4 Å². The lowest BCUT2D eigenvalue weighted by atomic mass is 10.2. The zero-order valence-electron chi connectivity index (χ0n) is 15.8. The zero-order valence-corrected chi connectivity index (χ0v) is 16.7. The third-order valence-corrected chi connectivity index (χ3v) is 4.96. The molecule has 0 saturated heterocycles. The molecule has 0 spiro atoms. The number of nitro benzene ring substituents is 1. The van der Waals surface area contributed by atoms with Gasteiger partial charge in [0.15, 0.2) is 11.8 Å². The summed E-state index contributed by atoms with van der Waals surface area (Å²) < 4.78 is 5.09. The molecule has 30 heavy (non-hydrogen) atoms. The Morgan fingerprint density at radius 3 is 2.63 bits per heavy atom. The van der Waals surface area contributed by atoms with Gasteiger partial charge in [-0.3, -0.25) is 20.0 Å². The number of anilines is 1. The van der Waals surface area contributed by atoms with E-state index >= 15 is 0 Å². The molecule has 0 bridgehead atoms. The number of benzene rings is 2. The van der Waals surface area contributed by atoms with Gasteiger partial charge in [0, 0.05) is 18.3 Å². The van der Waals surface area contributed by atoms with Gasteiger partial charge in [0.1, 0.15) is 6.33 Å². The van der Waals surface area contributed by atoms with E-state index in [0.29, 0.717) is 17.4 Å². The van der Waals surface area contributed by atoms with Gasteiger partial charge in [-0.25, -0.2) is 9.78 Å². The fourth-order valence-corrected chi connectivity index (χ4v) is 3.40. The van der Waals surface area contributed by atoms with Gasteiger partial charge >= 0.3 is 5.97 Å². The Bertz CT molecular complexity index is 1040. The number of amides is 1. The number of hydrogen-bond acceptors (Lipinski definition) is 8. The molecule has 154 valence electrons. The van der Waals surface area contributed by atoms with E-state index in [-0.39, 0.29) is 16.1 Å². The first-order chi connectivity index (χ1) is 14.5. The van der Waals surface area contributed by atoms with Crippen LogP contribution in [0.25, 0.3) is 0 Å². The summed E-state index contributed by atoms with van der Waals surface area (Å²) >= 11 is 1.01. The summed E-state index contributed by atoms with van der Waals surface area (Å²) in [4.78, 5) is 41.3. The van der Waals surface area contributed by atoms with E-state index in [4.69, 9.17) is 4.74 Å². The van der Waals surface area contributed by atoms with Gasteiger partial charge in [-0.2, -0.15) is 5.10 Å². The fraction of sp³-hybridized carbons (Fsp3) is 0.158. The number of carbonyl (C=O) groups is 2. The summed E-state index contributed by atoms with van der Waals surface area (Å²) in [7, 11) is 0. The highest BCUT2D eigenvalue weighted by Gasteiger charge is 2.21. The van der Waals surface area contributed by atoms with Gasteiger partial charge in [0.05, 0.1) is 15.4 Å². The zero-order chi connectivity index (χ0) is 21.5. The number of nitrogens with zero attached hydrogens (tertiary/aromatic N) is 4. The number of rotatable bonds is 8. The number of carbonyl (C=O) groups excluding carboxylic acids is 2. The lowest BCUT2D eigenvalue weighted by Crippen LogP contribution is -2.34. The van der Waals surface area contributed by atoms with Crippen LogP contribution in [0.15, 0.2) is 64.9 Å². The van der Waals surface area contributed by atoms with Gasteiger partial charge in [0.2, 0.25) is 0 Å². The average Bonchev–Trinajstić information content (AvgIpc) is 3.26. The van der Waals surface area contributed by atoms with Crippen LogP contribution >= 0.6 is 11.8 Å². The van der Waals surface area contributed by atoms with Crippen molar-refractivity contribution in [2.45, 2.75) is 17.0 Å². The Hall–Kier alpha value is -3.73. The third-order valence-electron chi connectivity index (χ3n) is 4.00. The van der Waals surface area contributed by atoms with Crippen LogP contribution in [0.3, 0.4) is 0 Å². The van der Waals surface area contributed by atoms with E-state index in [9.17, 15) is 19.7 Å². The smallest absolute Gasteiger partial charge is 0.338 e. The minimum absolute atomic E-state index is 0.0285. The van der Waals surface area contributed by atoms with Crippen molar-refractivity contribution in [1.29, 1.82) is 0 Å². The number of aromatic amines is 1. The standard InChI is InChI=1S/C19H17N5O5S/c1-2-23(14-6-4-3-5-7-14)17(25)11-29-18(26)13-8-9-16(15(10-13)24(27)28)30-19-20-12-21-22-19/h3-10,12H,2,11H2,1H3,(H,20,21,22). The number of H-pyrrole nitrogens is 1. The first kappa shape index (κ1) is 21.0. The first-order valence-electron chi connectivity index (χ1n) is 8.83. The molecule has 2 aromatic carbocycles. The summed E-state index contributed by atoms with van der Waals surface area (Å²) in [6.45, 7) is 1.73. The maximum atomic E-state index is 12.4. The van der Waals surface area contributed by atoms with Crippen molar-refractivity contribution in [3.63, 3.8) is 0 Å². The van der Waals surface area contributed by atoms with Crippen molar-refractivity contribution in [3.05, 3.63) is 70.5 Å². The molecule has 0 atom stereocenters. The Kier molecular flexibility index (Phi) is 6.75. The van der Waals surface area contributed by atoms with Crippen LogP contribution in [0.5, 0.6) is 0 Å². The second-order valence-corrected chi connectivity index (χ2v) is 6.91. The van der Waals surface area contributed by atoms with E-state index in [2.05, 4.69) is 15.2 Å². The van der Waals surface area contributed by atoms with Gasteiger partial charge in [-0.1, -0.05) is 18.2 Å². The maximum absolute atomic E-state index is 12.4. The minimum Gasteiger partial charge on any atom is -0.452 e. The number of hydrogen-bond donors (Lipinski definition) is 1. The number of likely N-dealkylation sites (N-methyl/N-ethyl adjacent to an activating group) is 1. The summed E-state index contributed by atoms with van der Waals surface area (Å²) in [6, 6.07) is 12.9. The molecular weight excluding hydrogens is 410 g/mol. The van der Waals surface area contributed by atoms with Gasteiger partial charge in [0.25, 0.3) is 11.6 Å². The van der Waals surface area contributed by atoms with Crippen LogP contribution in [0, 0.1) is 10.1 Å². The van der Waals surface area contributed by atoms with E-state index in [1.165, 1.54) is 23.4 Å². The van der Waals surface area contributed by atoms with Crippen molar-refractivity contribution >= 4 is 35.0 Å². The molecule has 3 rings (SSSR count). The Labute approximate surface area is 175 Å². The molecule has 10 nitrogen and oxygen atoms in total. The van der Waals surface area contributed by atoms with Crippen LogP contribution in [0.1, 0.15) is 17.3 Å². The summed E-state index contributed by atoms with van der Waals surface area (Å²) in [5.41, 5.74) is 0.376. The summed E-state index contributed by atoms with van der Waals surface area (Å²) in [5.74, 6) is -1.23. The number of esters is 1. The van der Waals surface area contributed by atoms with E-state index in [1.54, 1.807) is 31.2 Å². The second-order valence-electron chi connectivity index (χ2n) is 5.88. The molecule has 1 N–H and O–H groups in total. The molecule has 0 radical (unpaired) electrons. The van der Waals surface area contributed by atoms with Crippen molar-refractivity contribution in [3.8, 4) is 0 Å². The minimum atomic E-state index is -0.827. The van der Waals surface area contributed by atoms with Crippen LogP contribution in [0.2, 0.25) is 0 Å². The number of nitrogens with one attached hydrogen (secondary N) is 1. The molecular formula is C19H17N5O5S. The Balaban J connectivity index is 1.69. The van der Waals surface area contributed by atoms with Gasteiger partial charge in [-0.15, -0.1) is 0 Å². The summed E-state index contributed by atoms with van der Waals surface area (Å²) in [5, 5.41) is 18.1. The fourth-order valence-electron chi connectivity index (χ4n) is 2.62. The normalized spacial score (nSPS) is 10.4. The molecule has 11 heteroatoms. The van der Waals surface area contributed by atoms with Gasteiger partial charge < -0.3 is 9.64 Å². The highest BCUT2D eigenvalue weighted by Crippen LogP contribution is 2.33. The molecule has 0 aliphatic carbocycles. The lowest BCUT2D eigenvalue weighted by Gasteiger charge is -2.20. The predicted molar refractivity (Wildman–Crippen MR) is 108 cm³/mol. The van der Waals surface area contributed by atoms with Crippen molar-refractivity contribution in [2.75, 3.05) is 18.1 Å². The largest absolute Gasteiger partial charge is 0.452 e. The number of para-hydroxylation sites is 1. The SMILES string of the molecule is CCN(C(=O)COC(=O)c1ccc(Sc2ncn[nH]2)c([N+](=O)[O-])c1)c1ccccc1. The predicted octanol–water partition coefficient (Wildman–Crippen LogP) is 3.07. The third kappa shape index (κ3) is 5.00. The molecule has 0 fully saturated rings. The van der Waals surface area contributed by atoms with Crippen LogP contribution in [0.4, 0.5) is 11.4 Å². The van der Waals surface area contributed by atoms with Crippen molar-refractivity contribution in [1.82, 2.24) is 15.2 Å². The van der Waals surface area contributed by atoms with Crippen molar-refractivity contribution in [2.24, 2.45) is 0 Å². The molecule has 0 aliphatic rings. The Morgan fingerprint density at radius 2 is 2.00 bits per heavy atom. The van der Waals surface area contributed by atoms with Crippen LogP contribution < -0.4 is 4.90 Å². The molecule has 1 heterocycles. The number of aromatic nitrogens is 3. The number of nitro groups is 1. The van der Waals surface area contributed by atoms with E-state index in [1.807, 2.05) is 6.07 Å². The topological polar surface area (TPSA) is 131 Å². The Morgan fingerprint density at radius 1 is 1.23 bits per heavy atom.